The quantitative estimate of drug-likeness (QED) is 0.386. The number of hydrogen-bond donors (Lipinski definition) is 0. The minimum atomic E-state index is 0.793. The SMILES string of the molecule is CCCCC=CC(C)CCCC. The lowest BCUT2D eigenvalue weighted by Crippen LogP contribution is -1.88. The summed E-state index contributed by atoms with van der Waals surface area (Å²) in [6.45, 7) is 6.82. The molecule has 0 radical (unpaired) electrons. The zero-order chi connectivity index (χ0) is 9.23. The highest BCUT2D eigenvalue weighted by molar-refractivity contribution is 4.85. The van der Waals surface area contributed by atoms with Crippen LogP contribution >= 0.6 is 0 Å². The Morgan fingerprint density at radius 2 is 1.75 bits per heavy atom. The van der Waals surface area contributed by atoms with Crippen molar-refractivity contribution in [2.75, 3.05) is 0 Å². The van der Waals surface area contributed by atoms with Gasteiger partial charge >= 0.3 is 0 Å². The van der Waals surface area contributed by atoms with Gasteiger partial charge in [0.1, 0.15) is 0 Å². The van der Waals surface area contributed by atoms with Gasteiger partial charge in [0.2, 0.25) is 0 Å². The van der Waals surface area contributed by atoms with Crippen molar-refractivity contribution >= 4 is 0 Å². The third-order valence-electron chi connectivity index (χ3n) is 2.20. The lowest BCUT2D eigenvalue weighted by atomic mass is 10.0. The minimum absolute atomic E-state index is 0.793. The first kappa shape index (κ1) is 11.7. The van der Waals surface area contributed by atoms with Gasteiger partial charge in [0.25, 0.3) is 0 Å². The predicted octanol–water partition coefficient (Wildman–Crippen LogP) is 4.56. The molecule has 0 heteroatoms. The molecule has 0 heterocycles. The molecule has 0 aliphatic carbocycles. The fraction of sp³-hybridized carbons (Fsp3) is 0.833. The highest BCUT2D eigenvalue weighted by atomic mass is 14.0. The van der Waals surface area contributed by atoms with Gasteiger partial charge in [-0.3, -0.25) is 0 Å². The summed E-state index contributed by atoms with van der Waals surface area (Å²) in [5, 5.41) is 0. The Labute approximate surface area is 78.1 Å². The van der Waals surface area contributed by atoms with Gasteiger partial charge in [-0.1, -0.05) is 58.6 Å². The van der Waals surface area contributed by atoms with Crippen LogP contribution in [0.2, 0.25) is 0 Å². The molecule has 0 fully saturated rings. The molecule has 0 aromatic rings. The summed E-state index contributed by atoms with van der Waals surface area (Å²) in [7, 11) is 0. The van der Waals surface area contributed by atoms with Crippen LogP contribution in [0.25, 0.3) is 0 Å². The average Bonchev–Trinajstić information content (AvgIpc) is 2.09. The Morgan fingerprint density at radius 3 is 2.33 bits per heavy atom. The highest BCUT2D eigenvalue weighted by Crippen LogP contribution is 2.09. The van der Waals surface area contributed by atoms with E-state index in [0.29, 0.717) is 0 Å². The van der Waals surface area contributed by atoms with Crippen molar-refractivity contribution in [3.8, 4) is 0 Å². The standard InChI is InChI=1S/C12H24/c1-4-6-8-9-11-12(3)10-7-5-2/h9,11-12H,4-8,10H2,1-3H3. The smallest absolute Gasteiger partial charge is 0.0262 e. The van der Waals surface area contributed by atoms with Crippen molar-refractivity contribution < 1.29 is 0 Å². The van der Waals surface area contributed by atoms with Crippen LogP contribution in [0.3, 0.4) is 0 Å². The maximum absolute atomic E-state index is 2.38. The zero-order valence-electron chi connectivity index (χ0n) is 8.97. The second kappa shape index (κ2) is 8.83. The van der Waals surface area contributed by atoms with Crippen LogP contribution in [0.1, 0.15) is 59.3 Å². The maximum atomic E-state index is 2.38. The summed E-state index contributed by atoms with van der Waals surface area (Å²) in [4.78, 5) is 0. The Morgan fingerprint density at radius 1 is 1.08 bits per heavy atom. The van der Waals surface area contributed by atoms with Gasteiger partial charge in [0.05, 0.1) is 0 Å². The number of unbranched alkanes of at least 4 members (excludes halogenated alkanes) is 3. The zero-order valence-corrected chi connectivity index (χ0v) is 8.97. The van der Waals surface area contributed by atoms with Gasteiger partial charge in [-0.25, -0.2) is 0 Å². The van der Waals surface area contributed by atoms with Crippen molar-refractivity contribution in [2.45, 2.75) is 59.3 Å². The van der Waals surface area contributed by atoms with Crippen LogP contribution in [-0.4, -0.2) is 0 Å². The molecule has 72 valence electrons. The van der Waals surface area contributed by atoms with Gasteiger partial charge in [0.15, 0.2) is 0 Å². The van der Waals surface area contributed by atoms with Crippen molar-refractivity contribution in [1.82, 2.24) is 0 Å². The molecule has 0 aromatic heterocycles. The van der Waals surface area contributed by atoms with Gasteiger partial charge in [-0.15, -0.1) is 0 Å². The molecule has 0 bridgehead atoms. The average molecular weight is 168 g/mol. The van der Waals surface area contributed by atoms with Crippen LogP contribution in [-0.2, 0) is 0 Å². The molecule has 1 unspecified atom stereocenters. The summed E-state index contributed by atoms with van der Waals surface area (Å²) in [5.74, 6) is 0.793. The Kier molecular flexibility index (Phi) is 8.64. The van der Waals surface area contributed by atoms with Crippen LogP contribution < -0.4 is 0 Å². The first-order valence-electron chi connectivity index (χ1n) is 5.47. The van der Waals surface area contributed by atoms with Crippen molar-refractivity contribution in [3.63, 3.8) is 0 Å². The molecule has 12 heavy (non-hydrogen) atoms. The number of allylic oxidation sites excluding steroid dienone is 2. The monoisotopic (exact) mass is 168 g/mol. The highest BCUT2D eigenvalue weighted by Gasteiger charge is 1.94. The first-order valence-corrected chi connectivity index (χ1v) is 5.47. The van der Waals surface area contributed by atoms with Crippen molar-refractivity contribution in [3.05, 3.63) is 12.2 Å². The molecule has 1 atom stereocenters. The topological polar surface area (TPSA) is 0 Å². The van der Waals surface area contributed by atoms with Gasteiger partial charge in [-0.05, 0) is 18.8 Å². The van der Waals surface area contributed by atoms with E-state index in [9.17, 15) is 0 Å². The largest absolute Gasteiger partial charge is 0.0883 e. The molecule has 0 amide bonds. The number of hydrogen-bond acceptors (Lipinski definition) is 0. The van der Waals surface area contributed by atoms with E-state index in [1.54, 1.807) is 0 Å². The molecule has 0 aliphatic rings. The fourth-order valence-electron chi connectivity index (χ4n) is 1.27. The summed E-state index contributed by atoms with van der Waals surface area (Å²) in [5.41, 5.74) is 0. The predicted molar refractivity (Wildman–Crippen MR) is 57.4 cm³/mol. The summed E-state index contributed by atoms with van der Waals surface area (Å²) >= 11 is 0. The summed E-state index contributed by atoms with van der Waals surface area (Å²) in [6.07, 6.45) is 12.7. The lowest BCUT2D eigenvalue weighted by molar-refractivity contribution is 0.596. The second-order valence-corrected chi connectivity index (χ2v) is 3.69. The van der Waals surface area contributed by atoms with Crippen LogP contribution in [0, 0.1) is 5.92 Å². The lowest BCUT2D eigenvalue weighted by Gasteiger charge is -2.03. The molecule has 0 spiro atoms. The van der Waals surface area contributed by atoms with E-state index >= 15 is 0 Å². The summed E-state index contributed by atoms with van der Waals surface area (Å²) < 4.78 is 0. The Hall–Kier alpha value is -0.260. The van der Waals surface area contributed by atoms with E-state index in [1.165, 1.54) is 38.5 Å². The molecule has 0 aliphatic heterocycles. The van der Waals surface area contributed by atoms with E-state index in [-0.39, 0.29) is 0 Å². The van der Waals surface area contributed by atoms with E-state index in [4.69, 9.17) is 0 Å². The first-order chi connectivity index (χ1) is 5.81. The molecule has 0 aromatic carbocycles. The summed E-state index contributed by atoms with van der Waals surface area (Å²) in [6, 6.07) is 0. The van der Waals surface area contributed by atoms with E-state index in [2.05, 4.69) is 32.9 Å². The molecule has 0 nitrogen and oxygen atoms in total. The van der Waals surface area contributed by atoms with Gasteiger partial charge in [-0.2, -0.15) is 0 Å². The van der Waals surface area contributed by atoms with Gasteiger partial charge < -0.3 is 0 Å². The van der Waals surface area contributed by atoms with E-state index in [1.807, 2.05) is 0 Å². The van der Waals surface area contributed by atoms with Crippen LogP contribution in [0.5, 0.6) is 0 Å². The van der Waals surface area contributed by atoms with Gasteiger partial charge in [0, 0.05) is 0 Å². The molecule has 0 N–H and O–H groups in total. The van der Waals surface area contributed by atoms with Crippen LogP contribution in [0.15, 0.2) is 12.2 Å². The minimum Gasteiger partial charge on any atom is -0.0883 e. The second-order valence-electron chi connectivity index (χ2n) is 3.69. The molecular weight excluding hydrogens is 144 g/mol. The van der Waals surface area contributed by atoms with Crippen molar-refractivity contribution in [2.24, 2.45) is 5.92 Å². The third kappa shape index (κ3) is 7.84. The Balaban J connectivity index is 3.27. The third-order valence-corrected chi connectivity index (χ3v) is 2.20. The Bertz CT molecular complexity index is 103. The van der Waals surface area contributed by atoms with E-state index in [0.717, 1.165) is 5.92 Å². The maximum Gasteiger partial charge on any atom is -0.0262 e. The number of rotatable bonds is 7. The molecule has 0 saturated carbocycles. The van der Waals surface area contributed by atoms with E-state index < -0.39 is 0 Å². The molecule has 0 rings (SSSR count). The molecule has 0 saturated heterocycles. The molecular formula is C12H24. The normalized spacial score (nSPS) is 13.9. The van der Waals surface area contributed by atoms with Crippen molar-refractivity contribution in [1.29, 1.82) is 0 Å². The fourth-order valence-corrected chi connectivity index (χ4v) is 1.27. The van der Waals surface area contributed by atoms with Crippen LogP contribution in [0.4, 0.5) is 0 Å².